The highest BCUT2D eigenvalue weighted by atomic mass is 15.3. The van der Waals surface area contributed by atoms with Gasteiger partial charge in [0.1, 0.15) is 11.6 Å². The molecule has 1 saturated heterocycles. The zero-order valence-corrected chi connectivity index (χ0v) is 14.4. The average Bonchev–Trinajstić information content (AvgIpc) is 3.18. The number of aromatic nitrogens is 5. The zero-order chi connectivity index (χ0) is 17.1. The second-order valence-corrected chi connectivity index (χ2v) is 6.32. The van der Waals surface area contributed by atoms with E-state index in [1.807, 2.05) is 24.5 Å². The van der Waals surface area contributed by atoms with Crippen molar-refractivity contribution in [3.63, 3.8) is 0 Å². The molecule has 0 spiro atoms. The molecule has 6 heteroatoms. The van der Waals surface area contributed by atoms with Crippen LogP contribution in [-0.4, -0.2) is 37.6 Å². The van der Waals surface area contributed by atoms with Crippen LogP contribution in [0.15, 0.2) is 49.1 Å². The quantitative estimate of drug-likeness (QED) is 0.734. The van der Waals surface area contributed by atoms with E-state index in [1.54, 1.807) is 12.4 Å². The number of anilines is 1. The highest BCUT2D eigenvalue weighted by molar-refractivity contribution is 5.33. The molecule has 25 heavy (non-hydrogen) atoms. The van der Waals surface area contributed by atoms with Crippen molar-refractivity contribution in [2.75, 3.05) is 18.0 Å². The third-order valence-corrected chi connectivity index (χ3v) is 4.71. The molecular weight excluding hydrogens is 312 g/mol. The first-order chi connectivity index (χ1) is 12.3. The second kappa shape index (κ2) is 7.01. The number of pyridine rings is 1. The van der Waals surface area contributed by atoms with Crippen LogP contribution in [0.1, 0.15) is 37.2 Å². The van der Waals surface area contributed by atoms with Crippen molar-refractivity contribution in [2.45, 2.75) is 32.1 Å². The van der Waals surface area contributed by atoms with E-state index < -0.39 is 0 Å². The number of imidazole rings is 1. The molecule has 1 aliphatic heterocycles. The van der Waals surface area contributed by atoms with Gasteiger partial charge in [0.2, 0.25) is 5.95 Å². The minimum atomic E-state index is 0.395. The number of piperidine rings is 1. The predicted molar refractivity (Wildman–Crippen MR) is 97.0 cm³/mol. The molecule has 0 saturated carbocycles. The van der Waals surface area contributed by atoms with Gasteiger partial charge in [-0.1, -0.05) is 13.0 Å². The van der Waals surface area contributed by atoms with E-state index in [-0.39, 0.29) is 0 Å². The molecule has 128 valence electrons. The third-order valence-electron chi connectivity index (χ3n) is 4.71. The lowest BCUT2D eigenvalue weighted by molar-refractivity contribution is 0.495. The molecule has 4 rings (SSSR count). The normalized spacial score (nSPS) is 17.6. The van der Waals surface area contributed by atoms with Gasteiger partial charge in [-0.25, -0.2) is 19.9 Å². The van der Waals surface area contributed by atoms with Crippen LogP contribution in [-0.2, 0) is 6.42 Å². The Balaban J connectivity index is 1.58. The minimum Gasteiger partial charge on any atom is -0.340 e. The van der Waals surface area contributed by atoms with Gasteiger partial charge in [-0.15, -0.1) is 0 Å². The van der Waals surface area contributed by atoms with Crippen LogP contribution in [0.5, 0.6) is 0 Å². The lowest BCUT2D eigenvalue weighted by atomic mass is 9.94. The largest absolute Gasteiger partial charge is 0.340 e. The van der Waals surface area contributed by atoms with E-state index in [2.05, 4.69) is 43.5 Å². The molecule has 0 radical (unpaired) electrons. The van der Waals surface area contributed by atoms with Crippen molar-refractivity contribution < 1.29 is 0 Å². The molecule has 3 aromatic rings. The molecule has 1 fully saturated rings. The van der Waals surface area contributed by atoms with Crippen molar-refractivity contribution in [1.82, 2.24) is 24.5 Å². The summed E-state index contributed by atoms with van der Waals surface area (Å²) in [7, 11) is 0. The highest BCUT2D eigenvalue weighted by Gasteiger charge is 2.24. The maximum Gasteiger partial charge on any atom is 0.225 e. The van der Waals surface area contributed by atoms with Gasteiger partial charge in [-0.2, -0.15) is 0 Å². The van der Waals surface area contributed by atoms with E-state index in [0.29, 0.717) is 5.92 Å². The fourth-order valence-corrected chi connectivity index (χ4v) is 3.46. The number of nitrogens with zero attached hydrogens (tertiary/aromatic N) is 6. The Morgan fingerprint density at radius 1 is 1.08 bits per heavy atom. The van der Waals surface area contributed by atoms with Crippen LogP contribution >= 0.6 is 0 Å². The first kappa shape index (κ1) is 15.7. The first-order valence-corrected chi connectivity index (χ1v) is 8.86. The maximum absolute atomic E-state index is 4.93. The monoisotopic (exact) mass is 334 g/mol. The summed E-state index contributed by atoms with van der Waals surface area (Å²) < 4.78 is 2.07. The Morgan fingerprint density at radius 2 is 1.96 bits per heavy atom. The number of rotatable bonds is 4. The summed E-state index contributed by atoms with van der Waals surface area (Å²) in [6.07, 6.45) is 10.6. The Hall–Kier alpha value is -2.76. The van der Waals surface area contributed by atoms with E-state index in [4.69, 9.17) is 4.98 Å². The van der Waals surface area contributed by atoms with Crippen LogP contribution in [0.3, 0.4) is 0 Å². The van der Waals surface area contributed by atoms with Crippen molar-refractivity contribution in [1.29, 1.82) is 0 Å². The zero-order valence-electron chi connectivity index (χ0n) is 14.4. The molecule has 0 N–H and O–H groups in total. The van der Waals surface area contributed by atoms with Crippen LogP contribution < -0.4 is 4.90 Å². The van der Waals surface area contributed by atoms with Gasteiger partial charge in [0.05, 0.1) is 0 Å². The Morgan fingerprint density at radius 3 is 2.80 bits per heavy atom. The molecule has 3 aromatic heterocycles. The summed E-state index contributed by atoms with van der Waals surface area (Å²) in [6, 6.07) is 8.12. The topological polar surface area (TPSA) is 59.7 Å². The van der Waals surface area contributed by atoms with Gasteiger partial charge in [0.25, 0.3) is 0 Å². The van der Waals surface area contributed by atoms with E-state index in [1.165, 1.54) is 0 Å². The molecule has 1 atom stereocenters. The van der Waals surface area contributed by atoms with Gasteiger partial charge < -0.3 is 4.90 Å². The molecule has 0 aliphatic carbocycles. The standard InChI is InChI=1S/C19H22N6/c1-2-17-20-11-13-25(17)18-8-3-7-16(23-18)15-6-4-12-24(14-15)19-21-9-5-10-22-19/h3,5,7-11,13,15H,2,4,6,12,14H2,1H3/t15-/m1/s1. The van der Waals surface area contributed by atoms with E-state index >= 15 is 0 Å². The van der Waals surface area contributed by atoms with Gasteiger partial charge in [0.15, 0.2) is 0 Å². The number of aryl methyl sites for hydroxylation is 1. The van der Waals surface area contributed by atoms with E-state index in [0.717, 1.165) is 55.6 Å². The lowest BCUT2D eigenvalue weighted by Crippen LogP contribution is -2.35. The van der Waals surface area contributed by atoms with Crippen molar-refractivity contribution >= 4 is 5.95 Å². The minimum absolute atomic E-state index is 0.395. The van der Waals surface area contributed by atoms with Gasteiger partial charge in [-0.3, -0.25) is 4.57 Å². The van der Waals surface area contributed by atoms with Gasteiger partial charge >= 0.3 is 0 Å². The van der Waals surface area contributed by atoms with Crippen molar-refractivity contribution in [3.8, 4) is 5.82 Å². The summed E-state index contributed by atoms with van der Waals surface area (Å²) in [5, 5.41) is 0. The van der Waals surface area contributed by atoms with Crippen LogP contribution in [0, 0.1) is 0 Å². The SMILES string of the molecule is CCc1nccn1-c1cccc([C@@H]2CCCN(c3ncccn3)C2)n1. The molecule has 4 heterocycles. The fourth-order valence-electron chi connectivity index (χ4n) is 3.46. The summed E-state index contributed by atoms with van der Waals surface area (Å²) in [5.41, 5.74) is 1.13. The summed E-state index contributed by atoms with van der Waals surface area (Å²) in [5.74, 6) is 3.19. The second-order valence-electron chi connectivity index (χ2n) is 6.32. The highest BCUT2D eigenvalue weighted by Crippen LogP contribution is 2.28. The van der Waals surface area contributed by atoms with E-state index in [9.17, 15) is 0 Å². The van der Waals surface area contributed by atoms with Gasteiger partial charge in [0, 0.05) is 55.9 Å². The predicted octanol–water partition coefficient (Wildman–Crippen LogP) is 3.00. The van der Waals surface area contributed by atoms with Crippen LogP contribution in [0.4, 0.5) is 5.95 Å². The molecule has 0 bridgehead atoms. The average molecular weight is 334 g/mol. The van der Waals surface area contributed by atoms with Crippen molar-refractivity contribution in [2.24, 2.45) is 0 Å². The van der Waals surface area contributed by atoms with Crippen molar-refractivity contribution in [3.05, 3.63) is 60.6 Å². The number of hydrogen-bond donors (Lipinski definition) is 0. The Kier molecular flexibility index (Phi) is 4.41. The summed E-state index contributed by atoms with van der Waals surface area (Å²) >= 11 is 0. The molecule has 6 nitrogen and oxygen atoms in total. The third kappa shape index (κ3) is 3.24. The maximum atomic E-state index is 4.93. The molecule has 0 unspecified atom stereocenters. The molecule has 0 amide bonds. The van der Waals surface area contributed by atoms with Gasteiger partial charge in [-0.05, 0) is 31.0 Å². The summed E-state index contributed by atoms with van der Waals surface area (Å²) in [4.78, 5) is 20.4. The lowest BCUT2D eigenvalue weighted by Gasteiger charge is -2.32. The number of hydrogen-bond acceptors (Lipinski definition) is 5. The molecule has 0 aromatic carbocycles. The molecular formula is C19H22N6. The Labute approximate surface area is 147 Å². The smallest absolute Gasteiger partial charge is 0.225 e. The summed E-state index contributed by atoms with van der Waals surface area (Å²) in [6.45, 7) is 4.02. The van der Waals surface area contributed by atoms with Crippen LogP contribution in [0.2, 0.25) is 0 Å². The first-order valence-electron chi connectivity index (χ1n) is 8.86. The van der Waals surface area contributed by atoms with Crippen LogP contribution in [0.25, 0.3) is 5.82 Å². The fraction of sp³-hybridized carbons (Fsp3) is 0.368. The Bertz CT molecular complexity index is 829. The molecule has 1 aliphatic rings.